The van der Waals surface area contributed by atoms with Gasteiger partial charge in [0.25, 0.3) is 0 Å². The number of ether oxygens (including phenoxy) is 2. The van der Waals surface area contributed by atoms with E-state index in [9.17, 15) is 24.0 Å². The molecule has 0 aromatic heterocycles. The molecule has 3 amide bonds. The molecule has 0 bridgehead atoms. The lowest BCUT2D eigenvalue weighted by Gasteiger charge is -2.48. The van der Waals surface area contributed by atoms with Crippen molar-refractivity contribution < 1.29 is 33.4 Å². The molecule has 1 saturated carbocycles. The van der Waals surface area contributed by atoms with Crippen molar-refractivity contribution in [3.8, 4) is 0 Å². The van der Waals surface area contributed by atoms with Gasteiger partial charge in [0.05, 0.1) is 37.8 Å². The molecule has 1 aromatic rings. The summed E-state index contributed by atoms with van der Waals surface area (Å²) in [5.74, 6) is -2.75. The van der Waals surface area contributed by atoms with Crippen LogP contribution in [-0.4, -0.2) is 66.9 Å². The number of benzene rings is 1. The SMILES string of the molecule is COC(=O)c1cc(NC(=O)C[C@@H]2C(=O)N[C@H]3CCCC[C@@H]3N2C(=O)C(C)C)cc(C(=O)OC)c1. The molecule has 1 heterocycles. The number of carbonyl (C=O) groups excluding carboxylic acids is 5. The first kappa shape index (κ1) is 25.2. The highest BCUT2D eigenvalue weighted by molar-refractivity contribution is 6.01. The molecule has 2 N–H and O–H groups in total. The Morgan fingerprint density at radius 2 is 1.62 bits per heavy atom. The number of nitrogens with one attached hydrogen (secondary N) is 2. The molecule has 3 rings (SSSR count). The standard InChI is InChI=1S/C24H31N3O7/c1-13(2)22(30)27-18-8-6-5-7-17(18)26-21(29)19(27)12-20(28)25-16-10-14(23(31)33-3)9-15(11-16)24(32)34-4/h9-11,13,17-19H,5-8,12H2,1-4H3,(H,25,28)(H,26,29)/t17-,18-,19+/m0/s1. The van der Waals surface area contributed by atoms with E-state index >= 15 is 0 Å². The number of amides is 3. The Labute approximate surface area is 198 Å². The first-order valence-electron chi connectivity index (χ1n) is 11.4. The van der Waals surface area contributed by atoms with Crippen molar-refractivity contribution in [1.82, 2.24) is 10.2 Å². The highest BCUT2D eigenvalue weighted by Crippen LogP contribution is 2.31. The maximum absolute atomic E-state index is 13.1. The van der Waals surface area contributed by atoms with Crippen LogP contribution in [0.25, 0.3) is 0 Å². The third-order valence-corrected chi connectivity index (χ3v) is 6.24. The van der Waals surface area contributed by atoms with E-state index in [4.69, 9.17) is 9.47 Å². The summed E-state index contributed by atoms with van der Waals surface area (Å²) in [6.45, 7) is 3.55. The molecular formula is C24H31N3O7. The number of esters is 2. The van der Waals surface area contributed by atoms with Crippen LogP contribution in [0.2, 0.25) is 0 Å². The number of nitrogens with zero attached hydrogens (tertiary/aromatic N) is 1. The number of hydrogen-bond acceptors (Lipinski definition) is 7. The minimum atomic E-state index is -0.946. The van der Waals surface area contributed by atoms with Gasteiger partial charge in [-0.1, -0.05) is 26.7 Å². The van der Waals surface area contributed by atoms with Gasteiger partial charge in [0.2, 0.25) is 17.7 Å². The Balaban J connectivity index is 1.84. The normalized spacial score (nSPS) is 21.9. The Kier molecular flexibility index (Phi) is 7.90. The molecule has 2 aliphatic rings. The molecule has 0 unspecified atom stereocenters. The van der Waals surface area contributed by atoms with Gasteiger partial charge in [-0.25, -0.2) is 9.59 Å². The Morgan fingerprint density at radius 3 is 2.18 bits per heavy atom. The lowest BCUT2D eigenvalue weighted by atomic mass is 9.84. The second-order valence-electron chi connectivity index (χ2n) is 8.92. The van der Waals surface area contributed by atoms with Crippen LogP contribution in [0.5, 0.6) is 0 Å². The predicted octanol–water partition coefficient (Wildman–Crippen LogP) is 1.88. The fourth-order valence-corrected chi connectivity index (χ4v) is 4.61. The third kappa shape index (κ3) is 5.37. The quantitative estimate of drug-likeness (QED) is 0.603. The number of rotatable bonds is 6. The smallest absolute Gasteiger partial charge is 0.337 e. The molecule has 34 heavy (non-hydrogen) atoms. The number of carbonyl (C=O) groups is 5. The van der Waals surface area contributed by atoms with Gasteiger partial charge in [-0.2, -0.15) is 0 Å². The summed E-state index contributed by atoms with van der Waals surface area (Å²) in [4.78, 5) is 64.6. The summed E-state index contributed by atoms with van der Waals surface area (Å²) in [6.07, 6.45) is 3.24. The Bertz CT molecular complexity index is 957. The maximum Gasteiger partial charge on any atom is 0.337 e. The molecule has 1 aromatic carbocycles. The van der Waals surface area contributed by atoms with E-state index in [-0.39, 0.29) is 53.1 Å². The first-order chi connectivity index (χ1) is 16.2. The molecule has 1 aliphatic carbocycles. The fraction of sp³-hybridized carbons (Fsp3) is 0.542. The highest BCUT2D eigenvalue weighted by atomic mass is 16.5. The monoisotopic (exact) mass is 473 g/mol. The van der Waals surface area contributed by atoms with Crippen molar-refractivity contribution in [1.29, 1.82) is 0 Å². The van der Waals surface area contributed by atoms with Crippen molar-refractivity contribution in [3.63, 3.8) is 0 Å². The summed E-state index contributed by atoms with van der Waals surface area (Å²) in [6, 6.07) is 2.83. The van der Waals surface area contributed by atoms with Crippen molar-refractivity contribution in [2.24, 2.45) is 5.92 Å². The number of piperazine rings is 1. The molecule has 0 spiro atoms. The van der Waals surface area contributed by atoms with Crippen LogP contribution in [0.3, 0.4) is 0 Å². The van der Waals surface area contributed by atoms with Gasteiger partial charge in [-0.3, -0.25) is 14.4 Å². The minimum absolute atomic E-state index is 0.0535. The zero-order valence-corrected chi connectivity index (χ0v) is 19.9. The van der Waals surface area contributed by atoms with Crippen LogP contribution in [0, 0.1) is 5.92 Å². The zero-order chi connectivity index (χ0) is 25.0. The second kappa shape index (κ2) is 10.7. The van der Waals surface area contributed by atoms with Crippen LogP contribution in [0.15, 0.2) is 18.2 Å². The maximum atomic E-state index is 13.1. The van der Waals surface area contributed by atoms with E-state index in [0.29, 0.717) is 0 Å². The van der Waals surface area contributed by atoms with Crippen LogP contribution in [0.1, 0.15) is 66.7 Å². The summed E-state index contributed by atoms with van der Waals surface area (Å²) < 4.78 is 9.42. The van der Waals surface area contributed by atoms with E-state index in [1.807, 2.05) is 0 Å². The topological polar surface area (TPSA) is 131 Å². The highest BCUT2D eigenvalue weighted by Gasteiger charge is 2.46. The van der Waals surface area contributed by atoms with Gasteiger partial charge in [0.15, 0.2) is 0 Å². The molecule has 1 aliphatic heterocycles. The minimum Gasteiger partial charge on any atom is -0.465 e. The number of methoxy groups -OCH3 is 2. The molecule has 1 saturated heterocycles. The molecular weight excluding hydrogens is 442 g/mol. The van der Waals surface area contributed by atoms with Gasteiger partial charge in [0.1, 0.15) is 6.04 Å². The average molecular weight is 474 g/mol. The van der Waals surface area contributed by atoms with Crippen molar-refractivity contribution in [3.05, 3.63) is 29.3 Å². The second-order valence-corrected chi connectivity index (χ2v) is 8.92. The van der Waals surface area contributed by atoms with Gasteiger partial charge in [0, 0.05) is 17.6 Å². The lowest BCUT2D eigenvalue weighted by molar-refractivity contribution is -0.154. The predicted molar refractivity (Wildman–Crippen MR) is 122 cm³/mol. The third-order valence-electron chi connectivity index (χ3n) is 6.24. The molecule has 10 heteroatoms. The zero-order valence-electron chi connectivity index (χ0n) is 19.9. The largest absolute Gasteiger partial charge is 0.465 e. The van der Waals surface area contributed by atoms with Crippen molar-refractivity contribution >= 4 is 35.3 Å². The fourth-order valence-electron chi connectivity index (χ4n) is 4.61. The van der Waals surface area contributed by atoms with E-state index < -0.39 is 23.9 Å². The summed E-state index contributed by atoms with van der Waals surface area (Å²) in [5.41, 5.74) is 0.275. The lowest BCUT2D eigenvalue weighted by Crippen LogP contribution is -2.68. The number of anilines is 1. The molecule has 0 radical (unpaired) electrons. The van der Waals surface area contributed by atoms with Gasteiger partial charge in [-0.15, -0.1) is 0 Å². The summed E-state index contributed by atoms with van der Waals surface area (Å²) in [7, 11) is 2.40. The summed E-state index contributed by atoms with van der Waals surface area (Å²) >= 11 is 0. The number of fused-ring (bicyclic) bond motifs is 1. The average Bonchev–Trinajstić information content (AvgIpc) is 2.82. The van der Waals surface area contributed by atoms with Crippen LogP contribution < -0.4 is 10.6 Å². The van der Waals surface area contributed by atoms with E-state index in [1.54, 1.807) is 18.7 Å². The molecule has 10 nitrogen and oxygen atoms in total. The van der Waals surface area contributed by atoms with Crippen molar-refractivity contribution in [2.45, 2.75) is 64.1 Å². The van der Waals surface area contributed by atoms with Crippen LogP contribution in [0.4, 0.5) is 5.69 Å². The van der Waals surface area contributed by atoms with Crippen LogP contribution >= 0.6 is 0 Å². The van der Waals surface area contributed by atoms with E-state index in [0.717, 1.165) is 25.7 Å². The van der Waals surface area contributed by atoms with Gasteiger partial charge in [-0.05, 0) is 31.0 Å². The molecule has 184 valence electrons. The number of hydrogen-bond donors (Lipinski definition) is 2. The van der Waals surface area contributed by atoms with E-state index in [1.165, 1.54) is 32.4 Å². The van der Waals surface area contributed by atoms with Gasteiger partial charge >= 0.3 is 11.9 Å². The first-order valence-corrected chi connectivity index (χ1v) is 11.4. The van der Waals surface area contributed by atoms with E-state index in [2.05, 4.69) is 10.6 Å². The Morgan fingerprint density at radius 1 is 1.03 bits per heavy atom. The van der Waals surface area contributed by atoms with Crippen LogP contribution in [-0.2, 0) is 23.9 Å². The molecule has 3 atom stereocenters. The summed E-state index contributed by atoms with van der Waals surface area (Å²) in [5, 5.41) is 5.63. The van der Waals surface area contributed by atoms with Gasteiger partial charge < -0.3 is 25.0 Å². The Hall–Kier alpha value is -3.43. The molecule has 2 fully saturated rings. The van der Waals surface area contributed by atoms with Crippen molar-refractivity contribution in [2.75, 3.05) is 19.5 Å².